The monoisotopic (exact) mass is 331 g/mol. The largest absolute Gasteiger partial charge is 0.240 e. The maximum absolute atomic E-state index is 13.5. The highest BCUT2D eigenvalue weighted by atomic mass is 19.1. The van der Waals surface area contributed by atoms with Crippen LogP contribution >= 0.6 is 0 Å². The Morgan fingerprint density at radius 1 is 1.32 bits per heavy atom. The molecule has 25 heavy (non-hydrogen) atoms. The minimum Gasteiger partial charge on any atom is -0.240 e. The van der Waals surface area contributed by atoms with Crippen molar-refractivity contribution in [3.63, 3.8) is 0 Å². The molecule has 0 spiro atoms. The molecule has 0 saturated carbocycles. The standard InChI is InChI=1S/C21H18FN3/c1-4-17(7-5-6-16(2)3)8-9-18-14-24-25(15-18)21-11-19(13-23)10-20(22)12-21/h4-7,10-12,14-16H,1H2,2-3H3/b6-5-,17-7+. The predicted molar refractivity (Wildman–Crippen MR) is 97.4 cm³/mol. The molecule has 3 nitrogen and oxygen atoms in total. The molecule has 1 aromatic heterocycles. The summed E-state index contributed by atoms with van der Waals surface area (Å²) >= 11 is 0. The predicted octanol–water partition coefficient (Wildman–Crippen LogP) is 4.56. The molecule has 0 amide bonds. The third kappa shape index (κ3) is 5.34. The van der Waals surface area contributed by atoms with Gasteiger partial charge in [-0.25, -0.2) is 9.07 Å². The first-order valence-electron chi connectivity index (χ1n) is 7.80. The van der Waals surface area contributed by atoms with Crippen molar-refractivity contribution in [2.75, 3.05) is 0 Å². The topological polar surface area (TPSA) is 41.6 Å². The van der Waals surface area contributed by atoms with Crippen LogP contribution < -0.4 is 0 Å². The minimum absolute atomic E-state index is 0.243. The van der Waals surface area contributed by atoms with Crippen molar-refractivity contribution in [1.29, 1.82) is 5.26 Å². The van der Waals surface area contributed by atoms with Gasteiger partial charge in [-0.1, -0.05) is 50.5 Å². The Hall–Kier alpha value is -3.37. The number of hydrogen-bond donors (Lipinski definition) is 0. The van der Waals surface area contributed by atoms with E-state index in [1.165, 1.54) is 16.8 Å². The van der Waals surface area contributed by atoms with Gasteiger partial charge in [-0.3, -0.25) is 0 Å². The Morgan fingerprint density at radius 2 is 2.12 bits per heavy atom. The van der Waals surface area contributed by atoms with Crippen molar-refractivity contribution < 1.29 is 4.39 Å². The zero-order chi connectivity index (χ0) is 18.2. The molecule has 0 aliphatic rings. The first-order chi connectivity index (χ1) is 12.0. The van der Waals surface area contributed by atoms with E-state index in [2.05, 4.69) is 43.4 Å². The molecule has 0 aliphatic carbocycles. The summed E-state index contributed by atoms with van der Waals surface area (Å²) in [5.74, 6) is 6.01. The van der Waals surface area contributed by atoms with Gasteiger partial charge < -0.3 is 0 Å². The van der Waals surface area contributed by atoms with Gasteiger partial charge in [-0.15, -0.1) is 0 Å². The molecular weight excluding hydrogens is 313 g/mol. The van der Waals surface area contributed by atoms with Crippen molar-refractivity contribution in [2.24, 2.45) is 5.92 Å². The van der Waals surface area contributed by atoms with Crippen molar-refractivity contribution in [3.8, 4) is 23.6 Å². The third-order valence-electron chi connectivity index (χ3n) is 3.20. The van der Waals surface area contributed by atoms with Crippen molar-refractivity contribution in [2.45, 2.75) is 13.8 Å². The summed E-state index contributed by atoms with van der Waals surface area (Å²) < 4.78 is 15.0. The lowest BCUT2D eigenvalue weighted by molar-refractivity contribution is 0.625. The van der Waals surface area contributed by atoms with Crippen LogP contribution in [0.2, 0.25) is 0 Å². The van der Waals surface area contributed by atoms with Crippen molar-refractivity contribution in [1.82, 2.24) is 9.78 Å². The number of allylic oxidation sites excluding steroid dienone is 5. The highest BCUT2D eigenvalue weighted by molar-refractivity contribution is 5.46. The van der Waals surface area contributed by atoms with Gasteiger partial charge in [0.15, 0.2) is 0 Å². The lowest BCUT2D eigenvalue weighted by atomic mass is 10.1. The van der Waals surface area contributed by atoms with E-state index in [1.54, 1.807) is 24.5 Å². The molecule has 0 fully saturated rings. The average molecular weight is 331 g/mol. The van der Waals surface area contributed by atoms with Gasteiger partial charge in [0, 0.05) is 11.8 Å². The fourth-order valence-corrected chi connectivity index (χ4v) is 1.99. The summed E-state index contributed by atoms with van der Waals surface area (Å²) in [7, 11) is 0. The quantitative estimate of drug-likeness (QED) is 0.609. The summed E-state index contributed by atoms with van der Waals surface area (Å²) in [6.45, 7) is 7.95. The van der Waals surface area contributed by atoms with Gasteiger partial charge in [0.05, 0.1) is 29.1 Å². The van der Waals surface area contributed by atoms with Crippen LogP contribution in [0.3, 0.4) is 0 Å². The van der Waals surface area contributed by atoms with Crippen LogP contribution in [-0.2, 0) is 0 Å². The summed E-state index contributed by atoms with van der Waals surface area (Å²) in [5, 5.41) is 13.1. The van der Waals surface area contributed by atoms with Crippen LogP contribution in [0.5, 0.6) is 0 Å². The fourth-order valence-electron chi connectivity index (χ4n) is 1.99. The molecule has 124 valence electrons. The second-order valence-corrected chi connectivity index (χ2v) is 5.69. The van der Waals surface area contributed by atoms with Crippen molar-refractivity contribution in [3.05, 3.63) is 84.0 Å². The van der Waals surface area contributed by atoms with E-state index in [-0.39, 0.29) is 5.56 Å². The van der Waals surface area contributed by atoms with Gasteiger partial charge in [-0.2, -0.15) is 10.4 Å². The fraction of sp³-hybridized carbons (Fsp3) is 0.143. The van der Waals surface area contributed by atoms with E-state index in [0.29, 0.717) is 17.2 Å². The first kappa shape index (κ1) is 18.0. The number of benzene rings is 1. The van der Waals surface area contributed by atoms with E-state index >= 15 is 0 Å². The van der Waals surface area contributed by atoms with Crippen LogP contribution in [0.15, 0.2) is 67.0 Å². The van der Waals surface area contributed by atoms with Gasteiger partial charge in [0.1, 0.15) is 5.82 Å². The highest BCUT2D eigenvalue weighted by Crippen LogP contribution is 2.13. The van der Waals surface area contributed by atoms with E-state index in [9.17, 15) is 4.39 Å². The highest BCUT2D eigenvalue weighted by Gasteiger charge is 2.04. The molecule has 0 bridgehead atoms. The van der Waals surface area contributed by atoms with E-state index < -0.39 is 5.82 Å². The van der Waals surface area contributed by atoms with E-state index in [4.69, 9.17) is 5.26 Å². The maximum Gasteiger partial charge on any atom is 0.126 e. The maximum atomic E-state index is 13.5. The summed E-state index contributed by atoms with van der Waals surface area (Å²) in [5.41, 5.74) is 2.20. The molecule has 1 aromatic carbocycles. The average Bonchev–Trinajstić information content (AvgIpc) is 3.06. The van der Waals surface area contributed by atoms with Crippen LogP contribution in [0, 0.1) is 34.9 Å². The molecule has 0 unspecified atom stereocenters. The second-order valence-electron chi connectivity index (χ2n) is 5.69. The molecule has 0 aliphatic heterocycles. The molecule has 0 radical (unpaired) electrons. The van der Waals surface area contributed by atoms with Gasteiger partial charge in [0.25, 0.3) is 0 Å². The van der Waals surface area contributed by atoms with Crippen LogP contribution in [-0.4, -0.2) is 9.78 Å². The minimum atomic E-state index is -0.481. The Kier molecular flexibility index (Phi) is 6.09. The Bertz CT molecular complexity index is 928. The number of rotatable bonds is 4. The number of aromatic nitrogens is 2. The molecule has 2 rings (SSSR count). The summed E-state index contributed by atoms with van der Waals surface area (Å²) in [6.07, 6.45) is 10.9. The molecular formula is C21H18FN3. The molecule has 0 atom stereocenters. The number of halogens is 1. The lowest BCUT2D eigenvalue weighted by Gasteiger charge is -2.01. The van der Waals surface area contributed by atoms with Gasteiger partial charge in [0.2, 0.25) is 0 Å². The lowest BCUT2D eigenvalue weighted by Crippen LogP contribution is -1.96. The third-order valence-corrected chi connectivity index (χ3v) is 3.20. The van der Waals surface area contributed by atoms with Gasteiger partial charge in [-0.05, 0) is 30.2 Å². The first-order valence-corrected chi connectivity index (χ1v) is 7.80. The number of nitriles is 1. The zero-order valence-electron chi connectivity index (χ0n) is 14.2. The zero-order valence-corrected chi connectivity index (χ0v) is 14.2. The Balaban J connectivity index is 2.24. The molecule has 2 aromatic rings. The molecule has 0 saturated heterocycles. The number of nitrogens with zero attached hydrogens (tertiary/aromatic N) is 3. The van der Waals surface area contributed by atoms with Crippen molar-refractivity contribution >= 4 is 0 Å². The Morgan fingerprint density at radius 3 is 2.80 bits per heavy atom. The SMILES string of the molecule is C=C/C(C#Cc1cnn(-c2cc(F)cc(C#N)c2)c1)=C\C=C/C(C)C. The summed E-state index contributed by atoms with van der Waals surface area (Å²) in [4.78, 5) is 0. The smallest absolute Gasteiger partial charge is 0.126 e. The number of hydrogen-bond acceptors (Lipinski definition) is 2. The van der Waals surface area contributed by atoms with Crippen LogP contribution in [0.4, 0.5) is 4.39 Å². The molecule has 1 heterocycles. The van der Waals surface area contributed by atoms with Crippen LogP contribution in [0.25, 0.3) is 5.69 Å². The normalized spacial score (nSPS) is 11.2. The van der Waals surface area contributed by atoms with E-state index in [1.807, 2.05) is 18.2 Å². The van der Waals surface area contributed by atoms with E-state index in [0.717, 1.165) is 5.57 Å². The molecule has 0 N–H and O–H groups in total. The second kappa shape index (κ2) is 8.47. The molecule has 4 heteroatoms. The summed E-state index contributed by atoms with van der Waals surface area (Å²) in [6, 6.07) is 5.99. The van der Waals surface area contributed by atoms with Crippen LogP contribution in [0.1, 0.15) is 25.0 Å². The Labute approximate surface area is 147 Å². The van der Waals surface area contributed by atoms with Gasteiger partial charge >= 0.3 is 0 Å².